The van der Waals surface area contributed by atoms with Crippen molar-refractivity contribution in [2.45, 2.75) is 0 Å². The van der Waals surface area contributed by atoms with Crippen LogP contribution in [0, 0.1) is 0 Å². The molecule has 2 aromatic carbocycles. The van der Waals surface area contributed by atoms with Gasteiger partial charge in [-0.1, -0.05) is 30.3 Å². The summed E-state index contributed by atoms with van der Waals surface area (Å²) in [4.78, 5) is 22.1. The number of methoxy groups -OCH3 is 1. The highest BCUT2D eigenvalue weighted by Gasteiger charge is 2.20. The van der Waals surface area contributed by atoms with Gasteiger partial charge in [0.05, 0.1) is 18.4 Å². The van der Waals surface area contributed by atoms with Crippen LogP contribution in [0.25, 0.3) is 0 Å². The van der Waals surface area contributed by atoms with Gasteiger partial charge >= 0.3 is 5.97 Å². The number of carbonyl (C=O) groups excluding carboxylic acids is 1. The molecule has 0 atom stereocenters. The Balaban J connectivity index is 1.98. The number of hydrogen-bond donors (Lipinski definition) is 1. The molecule has 26 heavy (non-hydrogen) atoms. The molecule has 7 heteroatoms. The summed E-state index contributed by atoms with van der Waals surface area (Å²) in [5, 5.41) is 0. The van der Waals surface area contributed by atoms with E-state index in [4.69, 9.17) is 15.2 Å². The maximum atomic E-state index is 12.0. The van der Waals surface area contributed by atoms with Crippen LogP contribution < -0.4 is 15.4 Å². The molecule has 0 aliphatic heterocycles. The topological polar surface area (TPSA) is 90.6 Å². The van der Waals surface area contributed by atoms with E-state index in [0.717, 1.165) is 0 Å². The van der Waals surface area contributed by atoms with Crippen LogP contribution in [-0.2, 0) is 4.74 Å². The summed E-state index contributed by atoms with van der Waals surface area (Å²) in [6.45, 7) is 0. The van der Waals surface area contributed by atoms with Gasteiger partial charge < -0.3 is 20.1 Å². The first kappa shape index (κ1) is 17.2. The number of para-hydroxylation sites is 2. The fourth-order valence-electron chi connectivity index (χ4n) is 2.48. The second-order valence-electron chi connectivity index (χ2n) is 5.40. The van der Waals surface area contributed by atoms with Crippen LogP contribution in [0.1, 0.15) is 10.4 Å². The van der Waals surface area contributed by atoms with Crippen molar-refractivity contribution >= 4 is 23.2 Å². The zero-order chi connectivity index (χ0) is 18.5. The number of hydrogen-bond acceptors (Lipinski definition) is 7. The highest BCUT2D eigenvalue weighted by atomic mass is 16.5. The van der Waals surface area contributed by atoms with E-state index in [2.05, 4.69) is 9.97 Å². The number of rotatable bonds is 5. The fraction of sp³-hybridized carbons (Fsp3) is 0.105. The van der Waals surface area contributed by atoms with Crippen molar-refractivity contribution in [3.8, 4) is 11.6 Å². The third kappa shape index (κ3) is 3.41. The lowest BCUT2D eigenvalue weighted by molar-refractivity contribution is 0.0601. The standard InChI is InChI=1S/C19H18N4O3/c1-23(15-11-7-6-10-14(15)19(24)25-2)17-16(20)18(22-12-21-17)26-13-8-4-3-5-9-13/h3-12H,20H2,1-2H3. The summed E-state index contributed by atoms with van der Waals surface area (Å²) >= 11 is 0. The minimum absolute atomic E-state index is 0.239. The number of ether oxygens (including phenoxy) is 2. The van der Waals surface area contributed by atoms with Crippen LogP contribution in [0.15, 0.2) is 60.9 Å². The number of anilines is 3. The number of nitrogens with two attached hydrogens (primary N) is 1. The van der Waals surface area contributed by atoms with E-state index in [1.165, 1.54) is 13.4 Å². The third-order valence-electron chi connectivity index (χ3n) is 3.77. The van der Waals surface area contributed by atoms with E-state index in [-0.39, 0.29) is 11.6 Å². The van der Waals surface area contributed by atoms with Crippen LogP contribution in [0.4, 0.5) is 17.2 Å². The molecule has 0 amide bonds. The SMILES string of the molecule is COC(=O)c1ccccc1N(C)c1ncnc(Oc2ccccc2)c1N. The van der Waals surface area contributed by atoms with Gasteiger partial charge in [-0.15, -0.1) is 0 Å². The van der Waals surface area contributed by atoms with Crippen molar-refractivity contribution in [3.63, 3.8) is 0 Å². The molecular formula is C19H18N4O3. The number of carbonyl (C=O) groups is 1. The first-order chi connectivity index (χ1) is 12.6. The average molecular weight is 350 g/mol. The molecule has 0 spiro atoms. The van der Waals surface area contributed by atoms with Gasteiger partial charge in [-0.3, -0.25) is 0 Å². The molecule has 0 aliphatic carbocycles. The smallest absolute Gasteiger partial charge is 0.339 e. The van der Waals surface area contributed by atoms with Crippen LogP contribution in [0.3, 0.4) is 0 Å². The summed E-state index contributed by atoms with van der Waals surface area (Å²) in [6.07, 6.45) is 1.36. The minimum atomic E-state index is -0.444. The van der Waals surface area contributed by atoms with Crippen LogP contribution in [0.5, 0.6) is 11.6 Å². The maximum absolute atomic E-state index is 12.0. The van der Waals surface area contributed by atoms with Gasteiger partial charge in [0.25, 0.3) is 0 Å². The van der Waals surface area contributed by atoms with E-state index in [9.17, 15) is 4.79 Å². The Labute approximate surface area is 151 Å². The molecule has 1 aromatic heterocycles. The molecule has 0 radical (unpaired) electrons. The van der Waals surface area contributed by atoms with E-state index in [1.807, 2.05) is 24.3 Å². The molecule has 3 aromatic rings. The minimum Gasteiger partial charge on any atom is -0.465 e. The number of nitrogen functional groups attached to an aromatic ring is 1. The van der Waals surface area contributed by atoms with E-state index < -0.39 is 5.97 Å². The monoisotopic (exact) mass is 350 g/mol. The summed E-state index contributed by atoms with van der Waals surface area (Å²) in [5.41, 5.74) is 7.49. The predicted molar refractivity (Wildman–Crippen MR) is 98.8 cm³/mol. The zero-order valence-corrected chi connectivity index (χ0v) is 14.4. The first-order valence-corrected chi connectivity index (χ1v) is 7.86. The number of benzene rings is 2. The molecule has 1 heterocycles. The van der Waals surface area contributed by atoms with E-state index >= 15 is 0 Å². The molecule has 0 unspecified atom stereocenters. The molecule has 0 fully saturated rings. The largest absolute Gasteiger partial charge is 0.465 e. The Morgan fingerprint density at radius 3 is 2.46 bits per heavy atom. The van der Waals surface area contributed by atoms with Crippen LogP contribution >= 0.6 is 0 Å². The Morgan fingerprint density at radius 1 is 1.04 bits per heavy atom. The van der Waals surface area contributed by atoms with Crippen molar-refractivity contribution in [3.05, 3.63) is 66.5 Å². The molecule has 0 aliphatic rings. The van der Waals surface area contributed by atoms with Crippen molar-refractivity contribution in [2.24, 2.45) is 0 Å². The van der Waals surface area contributed by atoms with Crippen LogP contribution in [0.2, 0.25) is 0 Å². The van der Waals surface area contributed by atoms with E-state index in [0.29, 0.717) is 22.8 Å². The fourth-order valence-corrected chi connectivity index (χ4v) is 2.48. The Morgan fingerprint density at radius 2 is 1.73 bits per heavy atom. The van der Waals surface area contributed by atoms with E-state index in [1.54, 1.807) is 42.3 Å². The van der Waals surface area contributed by atoms with Gasteiger partial charge in [-0.05, 0) is 24.3 Å². The summed E-state index contributed by atoms with van der Waals surface area (Å²) in [6, 6.07) is 16.2. The van der Waals surface area contributed by atoms with Gasteiger partial charge in [-0.2, -0.15) is 4.98 Å². The predicted octanol–water partition coefficient (Wildman–Crippen LogP) is 3.41. The Kier molecular flexibility index (Phi) is 4.98. The molecule has 132 valence electrons. The first-order valence-electron chi connectivity index (χ1n) is 7.86. The second-order valence-corrected chi connectivity index (χ2v) is 5.40. The highest BCUT2D eigenvalue weighted by Crippen LogP contribution is 2.35. The molecule has 3 rings (SSSR count). The van der Waals surface area contributed by atoms with Crippen LogP contribution in [-0.4, -0.2) is 30.1 Å². The Bertz CT molecular complexity index is 916. The lowest BCUT2D eigenvalue weighted by Gasteiger charge is -2.22. The molecule has 0 saturated carbocycles. The molecule has 0 bridgehead atoms. The number of aromatic nitrogens is 2. The van der Waals surface area contributed by atoms with Gasteiger partial charge in [0, 0.05) is 7.05 Å². The van der Waals surface area contributed by atoms with Gasteiger partial charge in [0.15, 0.2) is 5.82 Å². The molecule has 2 N–H and O–H groups in total. The van der Waals surface area contributed by atoms with Crippen molar-refractivity contribution in [2.75, 3.05) is 24.8 Å². The third-order valence-corrected chi connectivity index (χ3v) is 3.77. The van der Waals surface area contributed by atoms with Gasteiger partial charge in [-0.25, -0.2) is 9.78 Å². The quantitative estimate of drug-likeness (QED) is 0.705. The molecule has 0 saturated heterocycles. The maximum Gasteiger partial charge on any atom is 0.339 e. The normalized spacial score (nSPS) is 10.2. The number of esters is 1. The lowest BCUT2D eigenvalue weighted by atomic mass is 10.1. The molecular weight excluding hydrogens is 332 g/mol. The summed E-state index contributed by atoms with van der Waals surface area (Å²) in [7, 11) is 3.09. The van der Waals surface area contributed by atoms with Crippen molar-refractivity contribution in [1.82, 2.24) is 9.97 Å². The second kappa shape index (κ2) is 7.52. The highest BCUT2D eigenvalue weighted by molar-refractivity contribution is 5.97. The van der Waals surface area contributed by atoms with Crippen molar-refractivity contribution in [1.29, 1.82) is 0 Å². The van der Waals surface area contributed by atoms with Gasteiger partial charge in [0.2, 0.25) is 5.88 Å². The number of nitrogens with zero attached hydrogens (tertiary/aromatic N) is 3. The average Bonchev–Trinajstić information content (AvgIpc) is 2.69. The van der Waals surface area contributed by atoms with Gasteiger partial charge in [0.1, 0.15) is 17.8 Å². The summed E-state index contributed by atoms with van der Waals surface area (Å²) < 4.78 is 10.6. The zero-order valence-electron chi connectivity index (χ0n) is 14.4. The lowest BCUT2D eigenvalue weighted by Crippen LogP contribution is -2.18. The summed E-state index contributed by atoms with van der Waals surface area (Å²) in [5.74, 6) is 0.827. The Hall–Kier alpha value is -3.61. The molecule has 7 nitrogen and oxygen atoms in total. The van der Waals surface area contributed by atoms with Crippen molar-refractivity contribution < 1.29 is 14.3 Å².